The first-order valence-electron chi connectivity index (χ1n) is 9.93. The van der Waals surface area contributed by atoms with Gasteiger partial charge < -0.3 is 10.3 Å². The fraction of sp³-hybridized carbons (Fsp3) is 0.0400. The Hall–Kier alpha value is -4.70. The SMILES string of the molecule is Cc1ccc(C(=O)Nc2ccc3cc[nH]c(=O)c3c2)cc1C#Cc1cnc2cccnn12. The van der Waals surface area contributed by atoms with Gasteiger partial charge in [-0.15, -0.1) is 0 Å². The Morgan fingerprint density at radius 2 is 2.00 bits per heavy atom. The number of nitrogens with one attached hydrogen (secondary N) is 2. The van der Waals surface area contributed by atoms with Gasteiger partial charge in [-0.3, -0.25) is 9.59 Å². The van der Waals surface area contributed by atoms with Gasteiger partial charge in [0.15, 0.2) is 5.65 Å². The van der Waals surface area contributed by atoms with Crippen molar-refractivity contribution in [2.24, 2.45) is 0 Å². The molecule has 0 fully saturated rings. The smallest absolute Gasteiger partial charge is 0.255 e. The molecule has 2 aromatic carbocycles. The summed E-state index contributed by atoms with van der Waals surface area (Å²) in [6, 6.07) is 16.1. The molecular weight excluding hydrogens is 402 g/mol. The van der Waals surface area contributed by atoms with Crippen molar-refractivity contribution in [1.82, 2.24) is 19.6 Å². The molecule has 0 saturated carbocycles. The third kappa shape index (κ3) is 3.61. The first-order valence-corrected chi connectivity index (χ1v) is 9.93. The van der Waals surface area contributed by atoms with Crippen LogP contribution in [0.5, 0.6) is 0 Å². The van der Waals surface area contributed by atoms with E-state index in [1.54, 1.807) is 53.4 Å². The maximum absolute atomic E-state index is 12.8. The maximum atomic E-state index is 12.8. The van der Waals surface area contributed by atoms with Crippen LogP contribution >= 0.6 is 0 Å². The molecule has 32 heavy (non-hydrogen) atoms. The van der Waals surface area contributed by atoms with Gasteiger partial charge in [0.05, 0.1) is 6.20 Å². The van der Waals surface area contributed by atoms with E-state index in [-0.39, 0.29) is 11.5 Å². The number of anilines is 1. The first kappa shape index (κ1) is 19.3. The van der Waals surface area contributed by atoms with E-state index in [1.165, 1.54) is 0 Å². The molecule has 0 aliphatic carbocycles. The van der Waals surface area contributed by atoms with Crippen LogP contribution in [0, 0.1) is 18.8 Å². The monoisotopic (exact) mass is 419 g/mol. The second-order valence-electron chi connectivity index (χ2n) is 7.28. The number of imidazole rings is 1. The molecule has 0 aliphatic heterocycles. The summed E-state index contributed by atoms with van der Waals surface area (Å²) in [7, 11) is 0. The summed E-state index contributed by atoms with van der Waals surface area (Å²) in [5, 5.41) is 8.44. The minimum atomic E-state index is -0.281. The van der Waals surface area contributed by atoms with Crippen LogP contribution < -0.4 is 10.9 Å². The number of hydrogen-bond donors (Lipinski definition) is 2. The number of fused-ring (bicyclic) bond motifs is 2. The molecule has 0 aliphatic rings. The lowest BCUT2D eigenvalue weighted by atomic mass is 10.0. The lowest BCUT2D eigenvalue weighted by molar-refractivity contribution is 0.102. The second-order valence-corrected chi connectivity index (χ2v) is 7.28. The predicted octanol–water partition coefficient (Wildman–Crippen LogP) is 3.53. The number of hydrogen-bond acceptors (Lipinski definition) is 4. The Balaban J connectivity index is 1.43. The van der Waals surface area contributed by atoms with Crippen LogP contribution in [0.1, 0.15) is 27.2 Å². The normalized spacial score (nSPS) is 10.7. The van der Waals surface area contributed by atoms with Gasteiger partial charge in [-0.25, -0.2) is 9.50 Å². The van der Waals surface area contributed by atoms with Gasteiger partial charge in [0, 0.05) is 34.6 Å². The minimum Gasteiger partial charge on any atom is -0.329 e. The number of H-pyrrole nitrogens is 1. The zero-order valence-corrected chi connectivity index (χ0v) is 17.1. The van der Waals surface area contributed by atoms with E-state index in [0.29, 0.717) is 22.3 Å². The van der Waals surface area contributed by atoms with Gasteiger partial charge in [0.1, 0.15) is 5.69 Å². The van der Waals surface area contributed by atoms with E-state index in [0.717, 1.165) is 22.2 Å². The Morgan fingerprint density at radius 3 is 2.91 bits per heavy atom. The van der Waals surface area contributed by atoms with Gasteiger partial charge >= 0.3 is 0 Å². The number of benzene rings is 2. The second kappa shape index (κ2) is 7.85. The van der Waals surface area contributed by atoms with Crippen LogP contribution in [0.15, 0.2) is 78.0 Å². The highest BCUT2D eigenvalue weighted by Gasteiger charge is 2.09. The molecule has 7 nitrogen and oxygen atoms in total. The topological polar surface area (TPSA) is 92.1 Å². The summed E-state index contributed by atoms with van der Waals surface area (Å²) >= 11 is 0. The fourth-order valence-corrected chi connectivity index (χ4v) is 3.41. The Bertz CT molecular complexity index is 1620. The molecule has 7 heteroatoms. The Labute approximate surface area is 182 Å². The minimum absolute atomic E-state index is 0.201. The number of amides is 1. The molecule has 0 bridgehead atoms. The van der Waals surface area contributed by atoms with E-state index in [4.69, 9.17) is 0 Å². The highest BCUT2D eigenvalue weighted by atomic mass is 16.1. The summed E-state index contributed by atoms with van der Waals surface area (Å²) < 4.78 is 1.67. The average molecular weight is 419 g/mol. The van der Waals surface area contributed by atoms with Gasteiger partial charge in [0.25, 0.3) is 11.5 Å². The average Bonchev–Trinajstić information content (AvgIpc) is 3.22. The van der Waals surface area contributed by atoms with Crippen LogP contribution in [0.4, 0.5) is 5.69 Å². The van der Waals surface area contributed by atoms with Crippen molar-refractivity contribution in [2.75, 3.05) is 5.32 Å². The van der Waals surface area contributed by atoms with Crippen LogP contribution in [0.3, 0.4) is 0 Å². The molecule has 2 N–H and O–H groups in total. The lowest BCUT2D eigenvalue weighted by Crippen LogP contribution is -2.13. The summed E-state index contributed by atoms with van der Waals surface area (Å²) in [5.41, 5.74) is 3.88. The van der Waals surface area contributed by atoms with Crippen molar-refractivity contribution in [3.05, 3.63) is 106 Å². The lowest BCUT2D eigenvalue weighted by Gasteiger charge is -2.08. The third-order valence-electron chi connectivity index (χ3n) is 5.14. The third-order valence-corrected chi connectivity index (χ3v) is 5.14. The van der Waals surface area contributed by atoms with E-state index < -0.39 is 0 Å². The number of carbonyl (C=O) groups excluding carboxylic acids is 1. The molecule has 5 rings (SSSR count). The van der Waals surface area contributed by atoms with Gasteiger partial charge in [-0.1, -0.05) is 18.1 Å². The number of carbonyl (C=O) groups is 1. The van der Waals surface area contributed by atoms with Crippen molar-refractivity contribution < 1.29 is 4.79 Å². The molecule has 0 spiro atoms. The zero-order chi connectivity index (χ0) is 22.1. The molecule has 5 aromatic rings. The number of pyridine rings is 1. The molecule has 3 aromatic heterocycles. The molecule has 0 atom stereocenters. The van der Waals surface area contributed by atoms with Gasteiger partial charge in [-0.2, -0.15) is 5.10 Å². The van der Waals surface area contributed by atoms with Crippen LogP contribution in [-0.2, 0) is 0 Å². The Morgan fingerprint density at radius 1 is 1.09 bits per heavy atom. The fourth-order valence-electron chi connectivity index (χ4n) is 3.41. The molecule has 0 unspecified atom stereocenters. The van der Waals surface area contributed by atoms with Crippen molar-refractivity contribution in [1.29, 1.82) is 0 Å². The summed E-state index contributed by atoms with van der Waals surface area (Å²) in [6.45, 7) is 1.94. The highest BCUT2D eigenvalue weighted by molar-refractivity contribution is 6.05. The maximum Gasteiger partial charge on any atom is 0.255 e. The molecule has 0 saturated heterocycles. The van der Waals surface area contributed by atoms with Crippen LogP contribution in [0.2, 0.25) is 0 Å². The molecule has 3 heterocycles. The van der Waals surface area contributed by atoms with E-state index >= 15 is 0 Å². The molecule has 1 amide bonds. The molecule has 154 valence electrons. The van der Waals surface area contributed by atoms with Crippen molar-refractivity contribution in [3.63, 3.8) is 0 Å². The van der Waals surface area contributed by atoms with Crippen LogP contribution in [0.25, 0.3) is 16.4 Å². The van der Waals surface area contributed by atoms with Gasteiger partial charge in [0.2, 0.25) is 0 Å². The van der Waals surface area contributed by atoms with Crippen LogP contribution in [-0.4, -0.2) is 25.5 Å². The number of aromatic amines is 1. The number of rotatable bonds is 2. The number of nitrogens with zero attached hydrogens (tertiary/aromatic N) is 3. The van der Waals surface area contributed by atoms with Crippen molar-refractivity contribution >= 4 is 28.0 Å². The highest BCUT2D eigenvalue weighted by Crippen LogP contribution is 2.18. The predicted molar refractivity (Wildman–Crippen MR) is 123 cm³/mol. The molecular formula is C25H17N5O2. The molecule has 0 radical (unpaired) electrons. The van der Waals surface area contributed by atoms with E-state index in [2.05, 4.69) is 32.2 Å². The zero-order valence-electron chi connectivity index (χ0n) is 17.1. The van der Waals surface area contributed by atoms with Gasteiger partial charge in [-0.05, 0) is 66.3 Å². The van der Waals surface area contributed by atoms with Crippen molar-refractivity contribution in [2.45, 2.75) is 6.92 Å². The Kier molecular flexibility index (Phi) is 4.73. The van der Waals surface area contributed by atoms with E-state index in [9.17, 15) is 9.59 Å². The quantitative estimate of drug-likeness (QED) is 0.428. The van der Waals surface area contributed by atoms with Crippen molar-refractivity contribution in [3.8, 4) is 11.8 Å². The van der Waals surface area contributed by atoms with E-state index in [1.807, 2.05) is 31.2 Å². The number of aryl methyl sites for hydroxylation is 1. The number of aromatic nitrogens is 4. The standard InChI is InChI=1S/C25H17N5O2/c1-16-4-5-19(13-18(16)7-9-21-15-27-23-3-2-11-28-30(21)23)24(31)29-20-8-6-17-10-12-26-25(32)22(17)14-20/h2-6,8,10-15H,1H3,(H,26,32)(H,29,31). The summed E-state index contributed by atoms with van der Waals surface area (Å²) in [5.74, 6) is 5.93. The first-order chi connectivity index (χ1) is 15.6. The summed E-state index contributed by atoms with van der Waals surface area (Å²) in [4.78, 5) is 31.8. The largest absolute Gasteiger partial charge is 0.329 e. The summed E-state index contributed by atoms with van der Waals surface area (Å²) in [6.07, 6.45) is 4.94.